The number of carbonyl (C=O) groups excluding carboxylic acids is 1. The Kier molecular flexibility index (Phi) is 8.61. The van der Waals surface area contributed by atoms with E-state index in [9.17, 15) is 4.79 Å². The van der Waals surface area contributed by atoms with Gasteiger partial charge < -0.3 is 15.7 Å². The summed E-state index contributed by atoms with van der Waals surface area (Å²) in [6.45, 7) is 4.10. The Morgan fingerprint density at radius 1 is 1.33 bits per heavy atom. The van der Waals surface area contributed by atoms with E-state index in [0.717, 1.165) is 18.6 Å². The number of thioether (sulfide) groups is 1. The molecule has 0 aromatic carbocycles. The van der Waals surface area contributed by atoms with E-state index < -0.39 is 0 Å². The van der Waals surface area contributed by atoms with Crippen LogP contribution in [0.1, 0.15) is 26.7 Å². The Balaban J connectivity index is 3.63. The number of carbonyl (C=O) groups is 1. The highest BCUT2D eigenvalue weighted by atomic mass is 32.2. The normalized spacial score (nSPS) is 14.4. The summed E-state index contributed by atoms with van der Waals surface area (Å²) in [4.78, 5) is 11.4. The van der Waals surface area contributed by atoms with Crippen molar-refractivity contribution in [3.05, 3.63) is 0 Å². The second kappa shape index (κ2) is 8.85. The van der Waals surface area contributed by atoms with Crippen LogP contribution in [0.3, 0.4) is 0 Å². The van der Waals surface area contributed by atoms with E-state index in [4.69, 9.17) is 5.11 Å². The molecule has 0 radical (unpaired) electrons. The lowest BCUT2D eigenvalue weighted by Crippen LogP contribution is -2.45. The van der Waals surface area contributed by atoms with Crippen LogP contribution in [0.15, 0.2) is 0 Å². The minimum absolute atomic E-state index is 0.110. The van der Waals surface area contributed by atoms with Crippen molar-refractivity contribution in [1.82, 2.24) is 10.6 Å². The van der Waals surface area contributed by atoms with E-state index in [2.05, 4.69) is 10.6 Å². The van der Waals surface area contributed by atoms with Crippen LogP contribution in [0, 0.1) is 0 Å². The lowest BCUT2D eigenvalue weighted by molar-refractivity contribution is 0.232. The van der Waals surface area contributed by atoms with Gasteiger partial charge in [-0.2, -0.15) is 11.8 Å². The molecule has 0 fully saturated rings. The summed E-state index contributed by atoms with van der Waals surface area (Å²) in [5.74, 6) is 0.915. The Labute approximate surface area is 96.2 Å². The molecule has 3 N–H and O–H groups in total. The van der Waals surface area contributed by atoms with Crippen LogP contribution in [0.2, 0.25) is 0 Å². The third-order valence-corrected chi connectivity index (χ3v) is 2.80. The maximum atomic E-state index is 11.4. The Hall–Kier alpha value is -0.420. The molecule has 0 saturated carbocycles. The first kappa shape index (κ1) is 14.6. The molecule has 0 spiro atoms. The Morgan fingerprint density at radius 3 is 2.47 bits per heavy atom. The van der Waals surface area contributed by atoms with Crippen molar-refractivity contribution in [2.75, 3.05) is 18.6 Å². The number of urea groups is 1. The van der Waals surface area contributed by atoms with Crippen LogP contribution < -0.4 is 10.6 Å². The fraction of sp³-hybridized carbons (Fsp3) is 0.900. The van der Waals surface area contributed by atoms with Crippen molar-refractivity contribution in [3.63, 3.8) is 0 Å². The summed E-state index contributed by atoms with van der Waals surface area (Å²) >= 11 is 1.71. The lowest BCUT2D eigenvalue weighted by atomic mass is 10.2. The summed E-state index contributed by atoms with van der Waals surface area (Å²) in [6.07, 6.45) is 3.54. The number of amides is 2. The van der Waals surface area contributed by atoms with Gasteiger partial charge >= 0.3 is 6.03 Å². The van der Waals surface area contributed by atoms with Gasteiger partial charge in [0.1, 0.15) is 0 Å². The fourth-order valence-electron chi connectivity index (χ4n) is 1.25. The molecule has 2 amide bonds. The monoisotopic (exact) mass is 234 g/mol. The van der Waals surface area contributed by atoms with E-state index in [0.29, 0.717) is 0 Å². The van der Waals surface area contributed by atoms with E-state index >= 15 is 0 Å². The Bertz CT molecular complexity index is 179. The summed E-state index contributed by atoms with van der Waals surface area (Å²) in [6, 6.07) is 0.172. The molecule has 90 valence electrons. The predicted molar refractivity (Wildman–Crippen MR) is 65.3 cm³/mol. The predicted octanol–water partition coefficient (Wildman–Crippen LogP) is 1.20. The topological polar surface area (TPSA) is 61.4 Å². The summed E-state index contributed by atoms with van der Waals surface area (Å²) in [7, 11) is 0. The van der Waals surface area contributed by atoms with Crippen LogP contribution >= 0.6 is 11.8 Å². The van der Waals surface area contributed by atoms with Gasteiger partial charge in [0.15, 0.2) is 0 Å². The minimum atomic E-state index is -0.123. The SMILES string of the molecule is CSCC(C)NC(=O)NC(C)CCCO. The number of hydrogen-bond acceptors (Lipinski definition) is 3. The molecule has 0 aliphatic heterocycles. The zero-order valence-electron chi connectivity index (χ0n) is 9.75. The highest BCUT2D eigenvalue weighted by Gasteiger charge is 2.09. The van der Waals surface area contributed by atoms with Gasteiger partial charge in [-0.1, -0.05) is 0 Å². The first-order valence-electron chi connectivity index (χ1n) is 5.27. The number of nitrogens with one attached hydrogen (secondary N) is 2. The number of rotatable bonds is 7. The molecule has 0 aliphatic carbocycles. The first-order chi connectivity index (χ1) is 7.10. The third-order valence-electron chi connectivity index (χ3n) is 1.97. The average molecular weight is 234 g/mol. The maximum absolute atomic E-state index is 11.4. The fourth-order valence-corrected chi connectivity index (χ4v) is 1.83. The van der Waals surface area contributed by atoms with E-state index in [1.54, 1.807) is 11.8 Å². The largest absolute Gasteiger partial charge is 0.396 e. The van der Waals surface area contributed by atoms with Gasteiger partial charge in [-0.25, -0.2) is 4.79 Å². The molecule has 0 saturated heterocycles. The highest BCUT2D eigenvalue weighted by molar-refractivity contribution is 7.98. The molecule has 0 rings (SSSR count). The zero-order valence-corrected chi connectivity index (χ0v) is 10.6. The summed E-state index contributed by atoms with van der Waals surface area (Å²) < 4.78 is 0. The summed E-state index contributed by atoms with van der Waals surface area (Å²) in [5, 5.41) is 14.3. The lowest BCUT2D eigenvalue weighted by Gasteiger charge is -2.17. The zero-order chi connectivity index (χ0) is 11.7. The molecule has 5 heteroatoms. The van der Waals surface area contributed by atoms with Crippen molar-refractivity contribution in [3.8, 4) is 0 Å². The van der Waals surface area contributed by atoms with Gasteiger partial charge in [-0.3, -0.25) is 0 Å². The molecular weight excluding hydrogens is 212 g/mol. The van der Waals surface area contributed by atoms with E-state index in [-0.39, 0.29) is 24.7 Å². The van der Waals surface area contributed by atoms with Crippen molar-refractivity contribution in [2.45, 2.75) is 38.8 Å². The molecule has 2 unspecified atom stereocenters. The van der Waals surface area contributed by atoms with Crippen LogP contribution in [0.25, 0.3) is 0 Å². The molecule has 0 aromatic rings. The van der Waals surface area contributed by atoms with Crippen molar-refractivity contribution in [1.29, 1.82) is 0 Å². The van der Waals surface area contributed by atoms with Crippen LogP contribution in [-0.4, -0.2) is 41.8 Å². The maximum Gasteiger partial charge on any atom is 0.315 e. The molecule has 0 aromatic heterocycles. The molecule has 4 nitrogen and oxygen atoms in total. The quantitative estimate of drug-likeness (QED) is 0.620. The molecule has 0 heterocycles. The van der Waals surface area contributed by atoms with Crippen molar-refractivity contribution in [2.24, 2.45) is 0 Å². The average Bonchev–Trinajstić information content (AvgIpc) is 2.14. The minimum Gasteiger partial charge on any atom is -0.396 e. The smallest absolute Gasteiger partial charge is 0.315 e. The second-order valence-corrected chi connectivity index (χ2v) is 4.65. The number of hydrogen-bond donors (Lipinski definition) is 3. The first-order valence-corrected chi connectivity index (χ1v) is 6.66. The molecule has 0 bridgehead atoms. The highest BCUT2D eigenvalue weighted by Crippen LogP contribution is 1.97. The molecule has 0 aliphatic rings. The number of aliphatic hydroxyl groups is 1. The van der Waals surface area contributed by atoms with E-state index in [1.807, 2.05) is 20.1 Å². The summed E-state index contributed by atoms with van der Waals surface area (Å²) in [5.41, 5.74) is 0. The van der Waals surface area contributed by atoms with Crippen molar-refractivity contribution >= 4 is 17.8 Å². The van der Waals surface area contributed by atoms with E-state index in [1.165, 1.54) is 0 Å². The third kappa shape index (κ3) is 8.57. The Morgan fingerprint density at radius 2 is 1.93 bits per heavy atom. The van der Waals surface area contributed by atoms with Gasteiger partial charge in [-0.15, -0.1) is 0 Å². The van der Waals surface area contributed by atoms with Gasteiger partial charge in [0.2, 0.25) is 0 Å². The van der Waals surface area contributed by atoms with Crippen LogP contribution in [-0.2, 0) is 0 Å². The van der Waals surface area contributed by atoms with Crippen LogP contribution in [0.4, 0.5) is 4.79 Å². The standard InChI is InChI=1S/C10H22N2O2S/c1-8(5-4-6-13)11-10(14)12-9(2)7-15-3/h8-9,13H,4-7H2,1-3H3,(H2,11,12,14). The number of aliphatic hydroxyl groups excluding tert-OH is 1. The molecular formula is C10H22N2O2S. The van der Waals surface area contributed by atoms with Gasteiger partial charge in [0.05, 0.1) is 0 Å². The van der Waals surface area contributed by atoms with Crippen molar-refractivity contribution < 1.29 is 9.90 Å². The second-order valence-electron chi connectivity index (χ2n) is 3.74. The molecule has 2 atom stereocenters. The van der Waals surface area contributed by atoms with Gasteiger partial charge in [0.25, 0.3) is 0 Å². The van der Waals surface area contributed by atoms with Crippen LogP contribution in [0.5, 0.6) is 0 Å². The van der Waals surface area contributed by atoms with Gasteiger partial charge in [-0.05, 0) is 32.9 Å². The molecule has 15 heavy (non-hydrogen) atoms. The van der Waals surface area contributed by atoms with Gasteiger partial charge in [0, 0.05) is 24.4 Å².